The van der Waals surface area contributed by atoms with Crippen LogP contribution in [0.25, 0.3) is 20.4 Å². The first kappa shape index (κ1) is 28.6. The van der Waals surface area contributed by atoms with E-state index in [9.17, 15) is 4.79 Å². The fraction of sp³-hybridized carbons (Fsp3) is 0.483. The molecule has 1 amide bonds. The van der Waals surface area contributed by atoms with E-state index in [1.807, 2.05) is 57.2 Å². The lowest BCUT2D eigenvalue weighted by Crippen LogP contribution is -2.41. The highest BCUT2D eigenvalue weighted by atomic mass is 35.5. The number of nitrogens with zero attached hydrogens (tertiary/aromatic N) is 3. The minimum absolute atomic E-state index is 0.216. The topological polar surface area (TPSA) is 67.3 Å². The zero-order valence-corrected chi connectivity index (χ0v) is 25.7. The van der Waals surface area contributed by atoms with Crippen LogP contribution in [0.2, 0.25) is 10.0 Å². The number of hydrogen-bond donors (Lipinski definition) is 1. The molecule has 2 aromatic carbocycles. The minimum atomic E-state index is -0.444. The second kappa shape index (κ2) is 12.3. The number of halogens is 2. The van der Waals surface area contributed by atoms with E-state index in [2.05, 4.69) is 5.32 Å². The van der Waals surface area contributed by atoms with E-state index >= 15 is 0 Å². The van der Waals surface area contributed by atoms with E-state index < -0.39 is 5.60 Å². The number of hydrogen-bond acceptors (Lipinski definition) is 7. The SMILES string of the molecule is CC(C)(C)OC(=O)N1CCC(c2nc3ccc(Cl)cc3s2)CC1.Clc1ccc2nc(C3CCNCC3)sc2c1. The van der Waals surface area contributed by atoms with Crippen LogP contribution < -0.4 is 5.32 Å². The lowest BCUT2D eigenvalue weighted by molar-refractivity contribution is 0.0205. The number of amides is 1. The number of carbonyl (C=O) groups is 1. The molecule has 10 heteroatoms. The molecule has 0 spiro atoms. The molecule has 0 atom stereocenters. The molecule has 2 aliphatic rings. The van der Waals surface area contributed by atoms with Crippen LogP contribution in [0.5, 0.6) is 0 Å². The number of thiazole rings is 2. The lowest BCUT2D eigenvalue weighted by atomic mass is 9.98. The highest BCUT2D eigenvalue weighted by Gasteiger charge is 2.29. The Morgan fingerprint density at radius 1 is 0.872 bits per heavy atom. The first-order chi connectivity index (χ1) is 18.6. The molecule has 4 heterocycles. The third kappa shape index (κ3) is 7.41. The average molecular weight is 606 g/mol. The van der Waals surface area contributed by atoms with Crippen LogP contribution in [0.4, 0.5) is 4.79 Å². The molecule has 4 aromatic rings. The number of rotatable bonds is 2. The van der Waals surface area contributed by atoms with E-state index in [4.69, 9.17) is 37.9 Å². The third-order valence-electron chi connectivity index (χ3n) is 6.92. The lowest BCUT2D eigenvalue weighted by Gasteiger charge is -2.32. The van der Waals surface area contributed by atoms with Crippen LogP contribution in [0, 0.1) is 0 Å². The van der Waals surface area contributed by atoms with Crippen molar-refractivity contribution in [2.24, 2.45) is 0 Å². The summed E-state index contributed by atoms with van der Waals surface area (Å²) < 4.78 is 7.77. The van der Waals surface area contributed by atoms with Gasteiger partial charge in [0, 0.05) is 35.0 Å². The number of benzene rings is 2. The molecule has 39 heavy (non-hydrogen) atoms. The van der Waals surface area contributed by atoms with Crippen LogP contribution >= 0.6 is 45.9 Å². The summed E-state index contributed by atoms with van der Waals surface area (Å²) in [5.74, 6) is 1.04. The Morgan fingerprint density at radius 2 is 1.36 bits per heavy atom. The number of likely N-dealkylation sites (tertiary alicyclic amines) is 1. The molecular weight excluding hydrogens is 571 g/mol. The number of piperidine rings is 2. The number of aromatic nitrogens is 2. The highest BCUT2D eigenvalue weighted by molar-refractivity contribution is 7.19. The van der Waals surface area contributed by atoms with Crippen molar-refractivity contribution in [3.63, 3.8) is 0 Å². The molecule has 0 saturated carbocycles. The smallest absolute Gasteiger partial charge is 0.410 e. The Balaban J connectivity index is 0.000000168. The fourth-order valence-corrected chi connectivity index (χ4v) is 7.71. The minimum Gasteiger partial charge on any atom is -0.444 e. The maximum Gasteiger partial charge on any atom is 0.410 e. The first-order valence-corrected chi connectivity index (χ1v) is 15.8. The van der Waals surface area contributed by atoms with E-state index in [1.165, 1.54) is 22.5 Å². The summed E-state index contributed by atoms with van der Waals surface area (Å²) in [6, 6.07) is 11.7. The van der Waals surface area contributed by atoms with Gasteiger partial charge in [0.2, 0.25) is 0 Å². The molecule has 1 N–H and O–H groups in total. The fourth-order valence-electron chi connectivity index (χ4n) is 4.89. The predicted molar refractivity (Wildman–Crippen MR) is 164 cm³/mol. The molecule has 2 saturated heterocycles. The maximum absolute atomic E-state index is 12.1. The van der Waals surface area contributed by atoms with Crippen LogP contribution in [0.3, 0.4) is 0 Å². The van der Waals surface area contributed by atoms with Crippen molar-refractivity contribution in [3.8, 4) is 0 Å². The Kier molecular flexibility index (Phi) is 8.98. The quantitative estimate of drug-likeness (QED) is 0.248. The number of nitrogens with one attached hydrogen (secondary N) is 1. The van der Waals surface area contributed by atoms with Gasteiger partial charge >= 0.3 is 6.09 Å². The van der Waals surface area contributed by atoms with Crippen LogP contribution in [-0.2, 0) is 4.74 Å². The zero-order chi connectivity index (χ0) is 27.6. The summed E-state index contributed by atoms with van der Waals surface area (Å²) in [6.45, 7) is 9.34. The Bertz CT molecular complexity index is 1430. The molecule has 0 aliphatic carbocycles. The van der Waals surface area contributed by atoms with Crippen LogP contribution in [0.15, 0.2) is 36.4 Å². The van der Waals surface area contributed by atoms with E-state index in [0.29, 0.717) is 11.8 Å². The van der Waals surface area contributed by atoms with Gasteiger partial charge in [0.25, 0.3) is 0 Å². The van der Waals surface area contributed by atoms with Gasteiger partial charge in [0.15, 0.2) is 0 Å². The molecule has 208 valence electrons. The van der Waals surface area contributed by atoms with Gasteiger partial charge in [-0.2, -0.15) is 0 Å². The Hall–Kier alpha value is -1.97. The summed E-state index contributed by atoms with van der Waals surface area (Å²) in [5.41, 5.74) is 1.65. The van der Waals surface area contributed by atoms with Crippen molar-refractivity contribution >= 4 is 72.4 Å². The number of carbonyl (C=O) groups excluding carboxylic acids is 1. The zero-order valence-electron chi connectivity index (χ0n) is 22.5. The van der Waals surface area contributed by atoms with Gasteiger partial charge in [-0.3, -0.25) is 0 Å². The second-order valence-corrected chi connectivity index (χ2v) is 14.1. The maximum atomic E-state index is 12.1. The van der Waals surface area contributed by atoms with Crippen molar-refractivity contribution in [1.29, 1.82) is 0 Å². The van der Waals surface area contributed by atoms with Crippen LogP contribution in [0.1, 0.15) is 68.3 Å². The molecule has 6 rings (SSSR count). The summed E-state index contributed by atoms with van der Waals surface area (Å²) in [5, 5.41) is 7.35. The first-order valence-electron chi connectivity index (χ1n) is 13.5. The summed E-state index contributed by atoms with van der Waals surface area (Å²) in [4.78, 5) is 23.4. The number of ether oxygens (including phenoxy) is 1. The third-order valence-corrected chi connectivity index (χ3v) is 9.75. The predicted octanol–water partition coefficient (Wildman–Crippen LogP) is 8.48. The van der Waals surface area contributed by atoms with Gasteiger partial charge in [-0.05, 0) is 95.9 Å². The molecule has 2 fully saturated rings. The summed E-state index contributed by atoms with van der Waals surface area (Å²) >= 11 is 15.5. The normalized spacial score (nSPS) is 17.3. The Morgan fingerprint density at radius 3 is 1.85 bits per heavy atom. The van der Waals surface area contributed by atoms with Gasteiger partial charge in [0.05, 0.1) is 30.4 Å². The summed E-state index contributed by atoms with van der Waals surface area (Å²) in [7, 11) is 0. The van der Waals surface area contributed by atoms with Crippen molar-refractivity contribution in [3.05, 3.63) is 56.5 Å². The van der Waals surface area contributed by atoms with Gasteiger partial charge in [0.1, 0.15) is 5.60 Å². The standard InChI is InChI=1S/C17H21ClN2O2S.C12H13ClN2S/c1-17(2,3)22-16(21)20-8-6-11(7-9-20)15-19-13-5-4-12(18)10-14(13)23-15;13-9-1-2-10-11(7-9)16-12(15-10)8-3-5-14-6-4-8/h4-5,10-11H,6-9H2,1-3H3;1-2,7-8,14H,3-6H2. The number of fused-ring (bicyclic) bond motifs is 2. The second-order valence-electron chi connectivity index (χ2n) is 11.1. The molecule has 0 bridgehead atoms. The molecule has 6 nitrogen and oxygen atoms in total. The van der Waals surface area contributed by atoms with E-state index in [1.54, 1.807) is 27.6 Å². The molecule has 2 aromatic heterocycles. The monoisotopic (exact) mass is 604 g/mol. The molecule has 0 radical (unpaired) electrons. The summed E-state index contributed by atoms with van der Waals surface area (Å²) in [6.07, 6.45) is 4.03. The van der Waals surface area contributed by atoms with Crippen molar-refractivity contribution in [2.75, 3.05) is 26.2 Å². The Labute approximate surface area is 247 Å². The van der Waals surface area contributed by atoms with E-state index in [-0.39, 0.29) is 6.09 Å². The van der Waals surface area contributed by atoms with Crippen LogP contribution in [-0.4, -0.2) is 52.7 Å². The average Bonchev–Trinajstić information content (AvgIpc) is 3.52. The highest BCUT2D eigenvalue weighted by Crippen LogP contribution is 2.35. The van der Waals surface area contributed by atoms with Crippen molar-refractivity contribution in [1.82, 2.24) is 20.2 Å². The largest absolute Gasteiger partial charge is 0.444 e. The molecule has 2 aliphatic heterocycles. The van der Waals surface area contributed by atoms with Gasteiger partial charge in [-0.25, -0.2) is 14.8 Å². The van der Waals surface area contributed by atoms with Gasteiger partial charge in [-0.1, -0.05) is 23.2 Å². The molecular formula is C29H34Cl2N4O2S2. The van der Waals surface area contributed by atoms with Crippen molar-refractivity contribution in [2.45, 2.75) is 63.9 Å². The molecule has 0 unspecified atom stereocenters. The van der Waals surface area contributed by atoms with Crippen molar-refractivity contribution < 1.29 is 9.53 Å². The van der Waals surface area contributed by atoms with E-state index in [0.717, 1.165) is 69.8 Å². The van der Waals surface area contributed by atoms with Gasteiger partial charge < -0.3 is 15.0 Å². The van der Waals surface area contributed by atoms with Gasteiger partial charge in [-0.15, -0.1) is 22.7 Å².